The standard InChI is InChI=1S/C13H16ClNO3/c1-9(2)13(18)15(7-6-12(16)17)11-5-3-4-10(14)8-11/h3-5,8-9H,6-7H2,1-2H3,(H,16,17). The SMILES string of the molecule is CC(C)C(=O)N(CCC(=O)O)c1cccc(Cl)c1. The van der Waals surface area contributed by atoms with Gasteiger partial charge in [-0.1, -0.05) is 31.5 Å². The molecule has 1 aromatic rings. The van der Waals surface area contributed by atoms with Crippen LogP contribution in [-0.2, 0) is 9.59 Å². The van der Waals surface area contributed by atoms with Crippen molar-refractivity contribution in [2.75, 3.05) is 11.4 Å². The van der Waals surface area contributed by atoms with Crippen molar-refractivity contribution in [3.63, 3.8) is 0 Å². The van der Waals surface area contributed by atoms with Gasteiger partial charge in [0.1, 0.15) is 0 Å². The molecule has 1 amide bonds. The Hall–Kier alpha value is -1.55. The van der Waals surface area contributed by atoms with Crippen LogP contribution in [0.5, 0.6) is 0 Å². The van der Waals surface area contributed by atoms with E-state index in [1.54, 1.807) is 38.1 Å². The highest BCUT2D eigenvalue weighted by molar-refractivity contribution is 6.30. The van der Waals surface area contributed by atoms with Gasteiger partial charge in [0.2, 0.25) is 5.91 Å². The number of benzene rings is 1. The zero-order valence-electron chi connectivity index (χ0n) is 10.4. The third-order valence-corrected chi connectivity index (χ3v) is 2.66. The summed E-state index contributed by atoms with van der Waals surface area (Å²) < 4.78 is 0. The fourth-order valence-electron chi connectivity index (χ4n) is 1.53. The Morgan fingerprint density at radius 1 is 1.39 bits per heavy atom. The number of carbonyl (C=O) groups excluding carboxylic acids is 1. The Balaban J connectivity index is 2.96. The molecule has 0 aliphatic rings. The Bertz CT molecular complexity index is 446. The fourth-order valence-corrected chi connectivity index (χ4v) is 1.71. The van der Waals surface area contributed by atoms with Crippen LogP contribution >= 0.6 is 11.6 Å². The summed E-state index contributed by atoms with van der Waals surface area (Å²) >= 11 is 5.88. The summed E-state index contributed by atoms with van der Waals surface area (Å²) in [6.07, 6.45) is -0.0923. The summed E-state index contributed by atoms with van der Waals surface area (Å²) in [7, 11) is 0. The quantitative estimate of drug-likeness (QED) is 0.894. The second-order valence-electron chi connectivity index (χ2n) is 4.27. The van der Waals surface area contributed by atoms with Crippen LogP contribution in [0.25, 0.3) is 0 Å². The molecule has 0 saturated heterocycles. The van der Waals surface area contributed by atoms with Gasteiger partial charge >= 0.3 is 5.97 Å². The molecule has 18 heavy (non-hydrogen) atoms. The van der Waals surface area contributed by atoms with Crippen molar-refractivity contribution in [3.05, 3.63) is 29.3 Å². The topological polar surface area (TPSA) is 57.6 Å². The Morgan fingerprint density at radius 3 is 2.56 bits per heavy atom. The van der Waals surface area contributed by atoms with Crippen LogP contribution in [0.4, 0.5) is 5.69 Å². The van der Waals surface area contributed by atoms with Crippen molar-refractivity contribution in [2.45, 2.75) is 20.3 Å². The summed E-state index contributed by atoms with van der Waals surface area (Å²) in [5, 5.41) is 9.24. The molecule has 5 heteroatoms. The predicted molar refractivity (Wildman–Crippen MR) is 70.9 cm³/mol. The van der Waals surface area contributed by atoms with E-state index in [1.807, 2.05) is 0 Å². The van der Waals surface area contributed by atoms with Gasteiger partial charge in [-0.2, -0.15) is 0 Å². The number of halogens is 1. The van der Waals surface area contributed by atoms with E-state index in [1.165, 1.54) is 4.90 Å². The van der Waals surface area contributed by atoms with Crippen LogP contribution in [0.15, 0.2) is 24.3 Å². The van der Waals surface area contributed by atoms with Crippen LogP contribution in [0.3, 0.4) is 0 Å². The van der Waals surface area contributed by atoms with Gasteiger partial charge in [0.25, 0.3) is 0 Å². The normalized spacial score (nSPS) is 10.4. The van der Waals surface area contributed by atoms with Crippen LogP contribution in [-0.4, -0.2) is 23.5 Å². The number of hydrogen-bond acceptors (Lipinski definition) is 2. The molecule has 0 unspecified atom stereocenters. The van der Waals surface area contributed by atoms with Crippen molar-refractivity contribution < 1.29 is 14.7 Å². The molecule has 0 bridgehead atoms. The van der Waals surface area contributed by atoms with E-state index in [-0.39, 0.29) is 24.8 Å². The average Bonchev–Trinajstić information content (AvgIpc) is 2.28. The molecule has 0 spiro atoms. The van der Waals surface area contributed by atoms with Crippen molar-refractivity contribution in [1.29, 1.82) is 0 Å². The van der Waals surface area contributed by atoms with E-state index >= 15 is 0 Å². The van der Waals surface area contributed by atoms with Crippen molar-refractivity contribution in [2.24, 2.45) is 5.92 Å². The zero-order chi connectivity index (χ0) is 13.7. The first kappa shape index (κ1) is 14.5. The maximum Gasteiger partial charge on any atom is 0.305 e. The number of carboxylic acid groups (broad SMARTS) is 1. The summed E-state index contributed by atoms with van der Waals surface area (Å²) in [5.41, 5.74) is 0.627. The van der Waals surface area contributed by atoms with Gasteiger partial charge < -0.3 is 10.0 Å². The monoisotopic (exact) mass is 269 g/mol. The highest BCUT2D eigenvalue weighted by Gasteiger charge is 2.19. The lowest BCUT2D eigenvalue weighted by molar-refractivity contribution is -0.136. The lowest BCUT2D eigenvalue weighted by Gasteiger charge is -2.24. The maximum atomic E-state index is 12.1. The summed E-state index contributed by atoms with van der Waals surface area (Å²) in [4.78, 5) is 24.2. The van der Waals surface area contributed by atoms with E-state index in [2.05, 4.69) is 0 Å². The fraction of sp³-hybridized carbons (Fsp3) is 0.385. The minimum absolute atomic E-state index is 0.0923. The number of rotatable bonds is 5. The first-order valence-corrected chi connectivity index (χ1v) is 6.08. The van der Waals surface area contributed by atoms with Gasteiger partial charge in [-0.15, -0.1) is 0 Å². The Labute approximate surface area is 111 Å². The highest BCUT2D eigenvalue weighted by Crippen LogP contribution is 2.21. The Morgan fingerprint density at radius 2 is 2.06 bits per heavy atom. The van der Waals surface area contributed by atoms with Crippen LogP contribution in [0.2, 0.25) is 5.02 Å². The van der Waals surface area contributed by atoms with E-state index in [9.17, 15) is 9.59 Å². The van der Waals surface area contributed by atoms with Crippen molar-refractivity contribution in [1.82, 2.24) is 0 Å². The number of aliphatic carboxylic acids is 1. The molecule has 1 N–H and O–H groups in total. The molecule has 0 aliphatic heterocycles. The third kappa shape index (κ3) is 4.04. The largest absolute Gasteiger partial charge is 0.481 e. The van der Waals surface area contributed by atoms with Crippen molar-refractivity contribution in [3.8, 4) is 0 Å². The van der Waals surface area contributed by atoms with Crippen LogP contribution < -0.4 is 4.90 Å². The second-order valence-corrected chi connectivity index (χ2v) is 4.70. The number of hydrogen-bond donors (Lipinski definition) is 1. The summed E-state index contributed by atoms with van der Waals surface area (Å²) in [5.74, 6) is -1.24. The van der Waals surface area contributed by atoms with Gasteiger partial charge in [0, 0.05) is 23.2 Å². The number of anilines is 1. The molecule has 0 radical (unpaired) electrons. The smallest absolute Gasteiger partial charge is 0.305 e. The summed E-state index contributed by atoms with van der Waals surface area (Å²) in [6, 6.07) is 6.84. The van der Waals surface area contributed by atoms with Gasteiger partial charge in [-0.25, -0.2) is 0 Å². The van der Waals surface area contributed by atoms with E-state index in [4.69, 9.17) is 16.7 Å². The lowest BCUT2D eigenvalue weighted by Crippen LogP contribution is -2.36. The lowest BCUT2D eigenvalue weighted by atomic mass is 10.1. The van der Waals surface area contributed by atoms with Gasteiger partial charge in [-0.05, 0) is 18.2 Å². The molecule has 98 valence electrons. The molecular formula is C13H16ClNO3. The van der Waals surface area contributed by atoms with E-state index in [0.717, 1.165) is 0 Å². The van der Waals surface area contributed by atoms with Crippen LogP contribution in [0, 0.1) is 5.92 Å². The minimum Gasteiger partial charge on any atom is -0.481 e. The number of nitrogens with zero attached hydrogens (tertiary/aromatic N) is 1. The molecule has 0 atom stereocenters. The zero-order valence-corrected chi connectivity index (χ0v) is 11.1. The van der Waals surface area contributed by atoms with Crippen molar-refractivity contribution >= 4 is 29.2 Å². The Kier molecular flexibility index (Phi) is 5.16. The third-order valence-electron chi connectivity index (χ3n) is 2.43. The molecular weight excluding hydrogens is 254 g/mol. The van der Waals surface area contributed by atoms with Crippen LogP contribution in [0.1, 0.15) is 20.3 Å². The maximum absolute atomic E-state index is 12.1. The van der Waals surface area contributed by atoms with Gasteiger partial charge in [0.15, 0.2) is 0 Å². The molecule has 0 fully saturated rings. The van der Waals surface area contributed by atoms with Gasteiger partial charge in [0.05, 0.1) is 6.42 Å². The van der Waals surface area contributed by atoms with E-state index < -0.39 is 5.97 Å². The highest BCUT2D eigenvalue weighted by atomic mass is 35.5. The molecule has 0 aromatic heterocycles. The molecule has 0 heterocycles. The first-order chi connectivity index (χ1) is 8.41. The van der Waals surface area contributed by atoms with Gasteiger partial charge in [-0.3, -0.25) is 9.59 Å². The molecule has 1 aromatic carbocycles. The second kappa shape index (κ2) is 6.40. The molecule has 4 nitrogen and oxygen atoms in total. The number of amides is 1. The average molecular weight is 270 g/mol. The minimum atomic E-state index is -0.932. The van der Waals surface area contributed by atoms with E-state index in [0.29, 0.717) is 10.7 Å². The molecule has 1 rings (SSSR count). The number of carboxylic acids is 1. The predicted octanol–water partition coefficient (Wildman–Crippen LogP) is 2.80. The molecule has 0 aliphatic carbocycles. The first-order valence-electron chi connectivity index (χ1n) is 5.70. The number of carbonyl (C=O) groups is 2. The summed E-state index contributed by atoms with van der Waals surface area (Å²) in [6.45, 7) is 3.70. The molecule has 0 saturated carbocycles.